The van der Waals surface area contributed by atoms with E-state index in [0.717, 1.165) is 11.1 Å². The molecule has 0 atom stereocenters. The van der Waals surface area contributed by atoms with Crippen molar-refractivity contribution in [3.8, 4) is 5.75 Å². The van der Waals surface area contributed by atoms with Gasteiger partial charge in [0, 0.05) is 25.2 Å². The summed E-state index contributed by atoms with van der Waals surface area (Å²) in [6.45, 7) is 3.16. The number of ether oxygens (including phenoxy) is 1. The second-order valence-corrected chi connectivity index (χ2v) is 8.19. The van der Waals surface area contributed by atoms with E-state index in [9.17, 15) is 14.0 Å². The van der Waals surface area contributed by atoms with E-state index in [0.29, 0.717) is 43.1 Å². The van der Waals surface area contributed by atoms with Crippen molar-refractivity contribution in [2.24, 2.45) is 5.92 Å². The van der Waals surface area contributed by atoms with Crippen molar-refractivity contribution >= 4 is 17.6 Å². The van der Waals surface area contributed by atoms with Crippen LogP contribution in [0.1, 0.15) is 34.3 Å². The number of halogens is 1. The molecule has 1 N–H and O–H groups in total. The van der Waals surface area contributed by atoms with Gasteiger partial charge in [0.1, 0.15) is 24.0 Å². The van der Waals surface area contributed by atoms with Crippen LogP contribution in [0.4, 0.5) is 10.2 Å². The number of carbonyl (C=O) groups is 2. The summed E-state index contributed by atoms with van der Waals surface area (Å²) in [5, 5.41) is 2.86. The lowest BCUT2D eigenvalue weighted by molar-refractivity contribution is -0.121. The second-order valence-electron chi connectivity index (χ2n) is 8.19. The summed E-state index contributed by atoms with van der Waals surface area (Å²) in [5.41, 5.74) is 2.32. The Morgan fingerprint density at radius 2 is 1.79 bits per heavy atom. The number of pyridine rings is 1. The first kappa shape index (κ1) is 22.5. The van der Waals surface area contributed by atoms with Crippen LogP contribution in [0.15, 0.2) is 66.9 Å². The Morgan fingerprint density at radius 1 is 1.06 bits per heavy atom. The Labute approximate surface area is 192 Å². The highest BCUT2D eigenvalue weighted by atomic mass is 19.1. The van der Waals surface area contributed by atoms with E-state index < -0.39 is 0 Å². The van der Waals surface area contributed by atoms with Crippen LogP contribution in [0, 0.1) is 18.7 Å². The summed E-state index contributed by atoms with van der Waals surface area (Å²) in [6.07, 6.45) is 2.89. The highest BCUT2D eigenvalue weighted by molar-refractivity contribution is 5.97. The van der Waals surface area contributed by atoms with Gasteiger partial charge in [-0.15, -0.1) is 0 Å². The average Bonchev–Trinajstić information content (AvgIpc) is 2.85. The number of amides is 2. The number of hydrogen-bond donors (Lipinski definition) is 1. The molecule has 1 aliphatic rings. The number of piperidine rings is 1. The van der Waals surface area contributed by atoms with Crippen LogP contribution >= 0.6 is 0 Å². The summed E-state index contributed by atoms with van der Waals surface area (Å²) in [7, 11) is 0. The Balaban J connectivity index is 1.34. The Morgan fingerprint density at radius 3 is 2.48 bits per heavy atom. The largest absolute Gasteiger partial charge is 0.488 e. The smallest absolute Gasteiger partial charge is 0.257 e. The summed E-state index contributed by atoms with van der Waals surface area (Å²) in [4.78, 5) is 31.7. The quantitative estimate of drug-likeness (QED) is 0.600. The molecule has 0 radical (unpaired) electrons. The van der Waals surface area contributed by atoms with Gasteiger partial charge in [0.15, 0.2) is 0 Å². The third-order valence-electron chi connectivity index (χ3n) is 5.74. The fourth-order valence-corrected chi connectivity index (χ4v) is 3.80. The molecule has 2 amide bonds. The molecule has 2 aromatic carbocycles. The maximum absolute atomic E-state index is 13.2. The molecular formula is C26H26FN3O3. The standard InChI is InChI=1S/C26H26FN3O3/c1-18-6-11-24(28-16-18)29-25(31)20-12-14-30(15-13-20)26(32)22-4-2-3-5-23(22)33-17-19-7-9-21(27)10-8-19/h2-11,16,20H,12-15,17H2,1H3,(H,28,29,31). The van der Waals surface area contributed by atoms with Crippen LogP contribution < -0.4 is 10.1 Å². The Bertz CT molecular complexity index is 1110. The molecule has 1 saturated heterocycles. The molecule has 0 saturated carbocycles. The molecule has 1 aromatic heterocycles. The van der Waals surface area contributed by atoms with E-state index >= 15 is 0 Å². The molecule has 4 rings (SSSR count). The summed E-state index contributed by atoms with van der Waals surface area (Å²) < 4.78 is 19.0. The number of anilines is 1. The van der Waals surface area contributed by atoms with Crippen molar-refractivity contribution < 1.29 is 18.7 Å². The molecule has 0 spiro atoms. The van der Waals surface area contributed by atoms with Gasteiger partial charge in [-0.25, -0.2) is 9.37 Å². The number of nitrogens with zero attached hydrogens (tertiary/aromatic N) is 2. The summed E-state index contributed by atoms with van der Waals surface area (Å²) in [6, 6.07) is 16.9. The van der Waals surface area contributed by atoms with Gasteiger partial charge in [0.2, 0.25) is 5.91 Å². The van der Waals surface area contributed by atoms with Gasteiger partial charge in [-0.1, -0.05) is 30.3 Å². The highest BCUT2D eigenvalue weighted by Gasteiger charge is 2.29. The summed E-state index contributed by atoms with van der Waals surface area (Å²) in [5.74, 6) is 0.363. The zero-order valence-electron chi connectivity index (χ0n) is 18.5. The first-order valence-corrected chi connectivity index (χ1v) is 11.0. The molecule has 0 bridgehead atoms. The van der Waals surface area contributed by atoms with Crippen molar-refractivity contribution in [2.45, 2.75) is 26.4 Å². The third kappa shape index (κ3) is 5.74. The third-order valence-corrected chi connectivity index (χ3v) is 5.74. The predicted octanol–water partition coefficient (Wildman–Crippen LogP) is 4.60. The van der Waals surface area contributed by atoms with Crippen molar-refractivity contribution in [3.63, 3.8) is 0 Å². The van der Waals surface area contributed by atoms with Crippen LogP contribution in [0.3, 0.4) is 0 Å². The van der Waals surface area contributed by atoms with E-state index in [1.807, 2.05) is 19.1 Å². The molecule has 33 heavy (non-hydrogen) atoms. The minimum atomic E-state index is -0.304. The number of rotatable bonds is 6. The van der Waals surface area contributed by atoms with Crippen molar-refractivity contribution in [1.82, 2.24) is 9.88 Å². The molecule has 1 aliphatic heterocycles. The first-order chi connectivity index (χ1) is 16.0. The molecule has 0 unspecified atom stereocenters. The van der Waals surface area contributed by atoms with Gasteiger partial charge in [0.05, 0.1) is 5.56 Å². The van der Waals surface area contributed by atoms with Gasteiger partial charge < -0.3 is 15.0 Å². The monoisotopic (exact) mass is 447 g/mol. The van der Waals surface area contributed by atoms with Crippen LogP contribution in [0.25, 0.3) is 0 Å². The van der Waals surface area contributed by atoms with E-state index in [1.165, 1.54) is 12.1 Å². The number of nitrogens with one attached hydrogen (secondary N) is 1. The van der Waals surface area contributed by atoms with Crippen molar-refractivity contribution in [1.29, 1.82) is 0 Å². The van der Waals surface area contributed by atoms with Crippen LogP contribution in [0.5, 0.6) is 5.75 Å². The molecule has 0 aliphatic carbocycles. The van der Waals surface area contributed by atoms with Gasteiger partial charge in [-0.05, 0) is 61.2 Å². The molecular weight excluding hydrogens is 421 g/mol. The first-order valence-electron chi connectivity index (χ1n) is 11.0. The van der Waals surface area contributed by atoms with Crippen LogP contribution in [-0.2, 0) is 11.4 Å². The molecule has 6 nitrogen and oxygen atoms in total. The zero-order chi connectivity index (χ0) is 23.2. The minimum Gasteiger partial charge on any atom is -0.488 e. The number of carbonyl (C=O) groups excluding carboxylic acids is 2. The van der Waals surface area contributed by atoms with Crippen molar-refractivity contribution in [3.05, 3.63) is 89.4 Å². The fourth-order valence-electron chi connectivity index (χ4n) is 3.80. The average molecular weight is 448 g/mol. The molecule has 2 heterocycles. The lowest BCUT2D eigenvalue weighted by Gasteiger charge is -2.31. The molecule has 1 fully saturated rings. The highest BCUT2D eigenvalue weighted by Crippen LogP contribution is 2.25. The SMILES string of the molecule is Cc1ccc(NC(=O)C2CCN(C(=O)c3ccccc3OCc3ccc(F)cc3)CC2)nc1. The number of aryl methyl sites for hydroxylation is 1. The maximum atomic E-state index is 13.2. The molecule has 7 heteroatoms. The Kier molecular flexibility index (Phi) is 6.98. The second kappa shape index (κ2) is 10.3. The fraction of sp³-hybridized carbons (Fsp3) is 0.269. The Hall–Kier alpha value is -3.74. The van der Waals surface area contributed by atoms with E-state index in [4.69, 9.17) is 4.74 Å². The zero-order valence-corrected chi connectivity index (χ0v) is 18.5. The predicted molar refractivity (Wildman–Crippen MR) is 123 cm³/mol. The topological polar surface area (TPSA) is 71.5 Å². The maximum Gasteiger partial charge on any atom is 0.257 e. The number of para-hydroxylation sites is 1. The lowest BCUT2D eigenvalue weighted by Crippen LogP contribution is -2.41. The van der Waals surface area contributed by atoms with E-state index in [2.05, 4.69) is 10.3 Å². The molecule has 170 valence electrons. The van der Waals surface area contributed by atoms with Gasteiger partial charge in [-0.2, -0.15) is 0 Å². The number of likely N-dealkylation sites (tertiary alicyclic amines) is 1. The number of aromatic nitrogens is 1. The van der Waals surface area contributed by atoms with Gasteiger partial charge >= 0.3 is 0 Å². The molecule has 3 aromatic rings. The van der Waals surface area contributed by atoms with E-state index in [-0.39, 0.29) is 30.2 Å². The van der Waals surface area contributed by atoms with Gasteiger partial charge in [0.25, 0.3) is 5.91 Å². The summed E-state index contributed by atoms with van der Waals surface area (Å²) >= 11 is 0. The minimum absolute atomic E-state index is 0.0681. The van der Waals surface area contributed by atoms with Crippen LogP contribution in [-0.4, -0.2) is 34.8 Å². The van der Waals surface area contributed by atoms with Crippen LogP contribution in [0.2, 0.25) is 0 Å². The lowest BCUT2D eigenvalue weighted by atomic mass is 9.95. The van der Waals surface area contributed by atoms with Gasteiger partial charge in [-0.3, -0.25) is 9.59 Å². The normalized spacial score (nSPS) is 14.1. The van der Waals surface area contributed by atoms with E-state index in [1.54, 1.807) is 47.5 Å². The number of benzene rings is 2. The van der Waals surface area contributed by atoms with Crippen molar-refractivity contribution in [2.75, 3.05) is 18.4 Å². The number of hydrogen-bond acceptors (Lipinski definition) is 4.